The molecule has 22 heavy (non-hydrogen) atoms. The van der Waals surface area contributed by atoms with Crippen molar-refractivity contribution >= 4 is 11.7 Å². The Balaban J connectivity index is 1.70. The van der Waals surface area contributed by atoms with Gasteiger partial charge in [-0.2, -0.15) is 0 Å². The fourth-order valence-corrected chi connectivity index (χ4v) is 1.95. The molecule has 2 aromatic carbocycles. The van der Waals surface area contributed by atoms with Gasteiger partial charge in [-0.3, -0.25) is 0 Å². The van der Waals surface area contributed by atoms with Crippen molar-refractivity contribution in [2.75, 3.05) is 18.5 Å². The van der Waals surface area contributed by atoms with E-state index in [1.807, 2.05) is 49.4 Å². The van der Waals surface area contributed by atoms with E-state index in [9.17, 15) is 4.79 Å². The maximum atomic E-state index is 11.7. The number of aryl methyl sites for hydroxylation is 3. The summed E-state index contributed by atoms with van der Waals surface area (Å²) in [7, 11) is 0. The van der Waals surface area contributed by atoms with Crippen LogP contribution < -0.4 is 15.4 Å². The highest BCUT2D eigenvalue weighted by atomic mass is 16.5. The summed E-state index contributed by atoms with van der Waals surface area (Å²) in [5, 5.41) is 5.55. The summed E-state index contributed by atoms with van der Waals surface area (Å²) in [6, 6.07) is 13.4. The molecule has 0 aromatic heterocycles. The topological polar surface area (TPSA) is 50.4 Å². The van der Waals surface area contributed by atoms with Crippen molar-refractivity contribution in [3.8, 4) is 5.75 Å². The zero-order chi connectivity index (χ0) is 15.9. The number of carbonyl (C=O) groups is 1. The van der Waals surface area contributed by atoms with Gasteiger partial charge in [0.2, 0.25) is 0 Å². The van der Waals surface area contributed by atoms with E-state index in [2.05, 4.69) is 24.5 Å². The largest absolute Gasteiger partial charge is 0.492 e. The van der Waals surface area contributed by atoms with Crippen LogP contribution in [0.15, 0.2) is 42.5 Å². The first-order chi connectivity index (χ1) is 10.5. The number of urea groups is 1. The molecule has 2 aromatic rings. The van der Waals surface area contributed by atoms with Crippen LogP contribution in [-0.4, -0.2) is 19.2 Å². The van der Waals surface area contributed by atoms with Crippen molar-refractivity contribution in [2.24, 2.45) is 0 Å². The van der Waals surface area contributed by atoms with Crippen LogP contribution in [0, 0.1) is 20.8 Å². The first-order valence-corrected chi connectivity index (χ1v) is 7.36. The van der Waals surface area contributed by atoms with Gasteiger partial charge in [0.1, 0.15) is 12.4 Å². The van der Waals surface area contributed by atoms with Gasteiger partial charge in [0.25, 0.3) is 0 Å². The third kappa shape index (κ3) is 4.81. The number of hydrogen-bond acceptors (Lipinski definition) is 2. The van der Waals surface area contributed by atoms with Crippen LogP contribution in [0.3, 0.4) is 0 Å². The minimum Gasteiger partial charge on any atom is -0.492 e. The molecule has 0 heterocycles. The van der Waals surface area contributed by atoms with Crippen LogP contribution in [0.1, 0.15) is 16.7 Å². The molecular weight excluding hydrogens is 276 g/mol. The predicted octanol–water partition coefficient (Wildman–Crippen LogP) is 3.81. The van der Waals surface area contributed by atoms with E-state index < -0.39 is 0 Å². The van der Waals surface area contributed by atoms with Crippen LogP contribution in [0.25, 0.3) is 0 Å². The van der Waals surface area contributed by atoms with Gasteiger partial charge in [-0.25, -0.2) is 4.79 Å². The number of anilines is 1. The zero-order valence-electron chi connectivity index (χ0n) is 13.3. The summed E-state index contributed by atoms with van der Waals surface area (Å²) in [6.45, 7) is 7.01. The lowest BCUT2D eigenvalue weighted by atomic mass is 10.1. The Morgan fingerprint density at radius 3 is 2.41 bits per heavy atom. The maximum Gasteiger partial charge on any atom is 0.319 e. The monoisotopic (exact) mass is 298 g/mol. The fraction of sp³-hybridized carbons (Fsp3) is 0.278. The van der Waals surface area contributed by atoms with E-state index in [0.29, 0.717) is 13.2 Å². The molecule has 116 valence electrons. The molecule has 0 aliphatic carbocycles. The van der Waals surface area contributed by atoms with Crippen molar-refractivity contribution in [3.05, 3.63) is 59.2 Å². The fourth-order valence-electron chi connectivity index (χ4n) is 1.95. The van der Waals surface area contributed by atoms with Crippen molar-refractivity contribution in [1.82, 2.24) is 5.32 Å². The summed E-state index contributed by atoms with van der Waals surface area (Å²) >= 11 is 0. The van der Waals surface area contributed by atoms with E-state index in [0.717, 1.165) is 17.0 Å². The highest BCUT2D eigenvalue weighted by Gasteiger charge is 2.01. The number of benzene rings is 2. The average molecular weight is 298 g/mol. The molecule has 0 fully saturated rings. The molecule has 0 atom stereocenters. The third-order valence-electron chi connectivity index (χ3n) is 3.44. The number of nitrogens with one attached hydrogen (secondary N) is 2. The molecule has 0 spiro atoms. The molecule has 0 radical (unpaired) electrons. The van der Waals surface area contributed by atoms with Gasteiger partial charge < -0.3 is 15.4 Å². The second-order valence-electron chi connectivity index (χ2n) is 5.34. The second-order valence-corrected chi connectivity index (χ2v) is 5.34. The summed E-state index contributed by atoms with van der Waals surface area (Å²) < 4.78 is 5.62. The maximum absolute atomic E-state index is 11.7. The van der Waals surface area contributed by atoms with E-state index in [4.69, 9.17) is 4.74 Å². The standard InChI is InChI=1S/C18H22N2O2/c1-13-4-7-16(8-5-13)20-18(21)19-10-11-22-17-9-6-14(2)15(3)12-17/h4-9,12H,10-11H2,1-3H3,(H2,19,20,21). The number of carbonyl (C=O) groups excluding carboxylic acids is 1. The molecule has 4 nitrogen and oxygen atoms in total. The average Bonchev–Trinajstić information content (AvgIpc) is 2.49. The summed E-state index contributed by atoms with van der Waals surface area (Å²) in [5.74, 6) is 0.823. The van der Waals surface area contributed by atoms with Crippen molar-refractivity contribution in [1.29, 1.82) is 0 Å². The summed E-state index contributed by atoms with van der Waals surface area (Å²) in [4.78, 5) is 11.7. The first kappa shape index (κ1) is 15.9. The van der Waals surface area contributed by atoms with E-state index in [1.165, 1.54) is 11.1 Å². The normalized spacial score (nSPS) is 10.1. The molecule has 0 aliphatic heterocycles. The molecule has 0 aliphatic rings. The van der Waals surface area contributed by atoms with Gasteiger partial charge in [-0.05, 0) is 56.2 Å². The Hall–Kier alpha value is -2.49. The predicted molar refractivity (Wildman–Crippen MR) is 89.6 cm³/mol. The van der Waals surface area contributed by atoms with Crippen LogP contribution in [0.2, 0.25) is 0 Å². The van der Waals surface area contributed by atoms with E-state index >= 15 is 0 Å². The Morgan fingerprint density at radius 1 is 1.00 bits per heavy atom. The second kappa shape index (κ2) is 7.50. The highest BCUT2D eigenvalue weighted by Crippen LogP contribution is 2.16. The first-order valence-electron chi connectivity index (χ1n) is 7.36. The van der Waals surface area contributed by atoms with Crippen molar-refractivity contribution in [2.45, 2.75) is 20.8 Å². The molecular formula is C18H22N2O2. The Labute approximate surface area is 131 Å². The number of amides is 2. The van der Waals surface area contributed by atoms with Crippen LogP contribution >= 0.6 is 0 Å². The minimum atomic E-state index is -0.229. The lowest BCUT2D eigenvalue weighted by Gasteiger charge is -2.10. The Bertz CT molecular complexity index is 636. The van der Waals surface area contributed by atoms with Gasteiger partial charge in [0, 0.05) is 5.69 Å². The molecule has 0 saturated carbocycles. The number of ether oxygens (including phenoxy) is 1. The third-order valence-corrected chi connectivity index (χ3v) is 3.44. The quantitative estimate of drug-likeness (QED) is 0.825. The smallest absolute Gasteiger partial charge is 0.319 e. The lowest BCUT2D eigenvalue weighted by Crippen LogP contribution is -2.32. The molecule has 4 heteroatoms. The van der Waals surface area contributed by atoms with Crippen molar-refractivity contribution < 1.29 is 9.53 Å². The number of hydrogen-bond donors (Lipinski definition) is 2. The van der Waals surface area contributed by atoms with Crippen LogP contribution in [0.4, 0.5) is 10.5 Å². The SMILES string of the molecule is Cc1ccc(NC(=O)NCCOc2ccc(C)c(C)c2)cc1. The van der Waals surface area contributed by atoms with Crippen LogP contribution in [0.5, 0.6) is 5.75 Å². The molecule has 0 unspecified atom stereocenters. The van der Waals surface area contributed by atoms with Gasteiger partial charge in [-0.15, -0.1) is 0 Å². The lowest BCUT2D eigenvalue weighted by molar-refractivity contribution is 0.247. The van der Waals surface area contributed by atoms with Gasteiger partial charge in [0.15, 0.2) is 0 Å². The van der Waals surface area contributed by atoms with Gasteiger partial charge >= 0.3 is 6.03 Å². The summed E-state index contributed by atoms with van der Waals surface area (Å²) in [6.07, 6.45) is 0. The zero-order valence-corrected chi connectivity index (χ0v) is 13.3. The van der Waals surface area contributed by atoms with Crippen LogP contribution in [-0.2, 0) is 0 Å². The number of rotatable bonds is 5. The molecule has 0 saturated heterocycles. The van der Waals surface area contributed by atoms with E-state index in [-0.39, 0.29) is 6.03 Å². The van der Waals surface area contributed by atoms with Crippen molar-refractivity contribution in [3.63, 3.8) is 0 Å². The Morgan fingerprint density at radius 2 is 1.73 bits per heavy atom. The highest BCUT2D eigenvalue weighted by molar-refractivity contribution is 5.89. The van der Waals surface area contributed by atoms with Gasteiger partial charge in [0.05, 0.1) is 6.54 Å². The molecule has 2 N–H and O–H groups in total. The molecule has 2 rings (SSSR count). The molecule has 0 bridgehead atoms. The summed E-state index contributed by atoms with van der Waals surface area (Å²) in [5.41, 5.74) is 4.37. The Kier molecular flexibility index (Phi) is 5.42. The van der Waals surface area contributed by atoms with E-state index in [1.54, 1.807) is 0 Å². The minimum absolute atomic E-state index is 0.229. The molecule has 2 amide bonds. The van der Waals surface area contributed by atoms with Gasteiger partial charge in [-0.1, -0.05) is 23.8 Å².